The maximum atomic E-state index is 11.8. The Morgan fingerprint density at radius 1 is 1.19 bits per heavy atom. The first-order valence-electron chi connectivity index (χ1n) is 5.68. The number of carbonyl (C=O) groups is 1. The molecule has 1 rings (SSSR count). The molecule has 0 atom stereocenters. The van der Waals surface area contributed by atoms with Crippen molar-refractivity contribution in [3.8, 4) is 0 Å². The van der Waals surface area contributed by atoms with Gasteiger partial charge in [0.1, 0.15) is 5.60 Å². The molecule has 1 saturated heterocycles. The monoisotopic (exact) mass is 250 g/mol. The fourth-order valence-electron chi connectivity index (χ4n) is 1.54. The summed E-state index contributed by atoms with van der Waals surface area (Å²) < 4.78 is 5.34. The summed E-state index contributed by atoms with van der Waals surface area (Å²) in [7, 11) is 0. The summed E-state index contributed by atoms with van der Waals surface area (Å²) in [6.45, 7) is 9.26. The van der Waals surface area contributed by atoms with E-state index in [0.717, 1.165) is 39.0 Å². The molecular formula is C11H23ClN2O2. The van der Waals surface area contributed by atoms with Crippen molar-refractivity contribution in [3.63, 3.8) is 0 Å². The third kappa shape index (κ3) is 6.18. The van der Waals surface area contributed by atoms with Crippen LogP contribution in [-0.4, -0.2) is 42.8 Å². The molecule has 1 aliphatic rings. The lowest BCUT2D eigenvalue weighted by Crippen LogP contribution is -2.41. The van der Waals surface area contributed by atoms with Crippen LogP contribution in [0.1, 0.15) is 33.6 Å². The fourth-order valence-corrected chi connectivity index (χ4v) is 1.54. The van der Waals surface area contributed by atoms with E-state index in [-0.39, 0.29) is 18.5 Å². The van der Waals surface area contributed by atoms with Crippen molar-refractivity contribution in [1.29, 1.82) is 0 Å². The molecule has 0 aromatic rings. The predicted molar refractivity (Wildman–Crippen MR) is 67.2 cm³/mol. The molecule has 1 fully saturated rings. The molecule has 0 saturated carbocycles. The van der Waals surface area contributed by atoms with Crippen molar-refractivity contribution in [2.45, 2.75) is 39.2 Å². The maximum absolute atomic E-state index is 11.8. The molecule has 0 spiro atoms. The quantitative estimate of drug-likeness (QED) is 0.715. The lowest BCUT2D eigenvalue weighted by Gasteiger charge is -2.28. The molecule has 16 heavy (non-hydrogen) atoms. The molecule has 0 bridgehead atoms. The molecule has 4 nitrogen and oxygen atoms in total. The Labute approximate surface area is 104 Å². The Balaban J connectivity index is 0.00000225. The second kappa shape index (κ2) is 6.97. The summed E-state index contributed by atoms with van der Waals surface area (Å²) in [5, 5.41) is 3.32. The Morgan fingerprint density at radius 3 is 2.12 bits per heavy atom. The van der Waals surface area contributed by atoms with E-state index in [1.165, 1.54) is 0 Å². The summed E-state index contributed by atoms with van der Waals surface area (Å²) in [5.74, 6) is 0. The largest absolute Gasteiger partial charge is 0.444 e. The number of carbonyl (C=O) groups excluding carboxylic acids is 1. The van der Waals surface area contributed by atoms with Gasteiger partial charge < -0.3 is 15.0 Å². The molecule has 0 aliphatic carbocycles. The Hall–Kier alpha value is -0.480. The molecule has 1 aliphatic heterocycles. The van der Waals surface area contributed by atoms with E-state index < -0.39 is 5.60 Å². The van der Waals surface area contributed by atoms with Gasteiger partial charge in [0.15, 0.2) is 0 Å². The first kappa shape index (κ1) is 15.5. The van der Waals surface area contributed by atoms with Crippen LogP contribution in [0.3, 0.4) is 0 Å². The second-order valence-corrected chi connectivity index (χ2v) is 4.92. The van der Waals surface area contributed by atoms with Gasteiger partial charge in [0, 0.05) is 13.1 Å². The standard InChI is InChI=1S/C11H22N2O2.ClH/c1-11(2,3)15-10(14)13-8-4-6-12-7-5-9-13;/h12H,4-9H2,1-3H3;1H. The molecule has 0 aromatic heterocycles. The van der Waals surface area contributed by atoms with Crippen LogP contribution in [-0.2, 0) is 4.74 Å². The van der Waals surface area contributed by atoms with E-state index in [0.29, 0.717) is 0 Å². The molecule has 0 unspecified atom stereocenters. The first-order chi connectivity index (χ1) is 6.99. The van der Waals surface area contributed by atoms with Crippen LogP contribution < -0.4 is 5.32 Å². The number of halogens is 1. The number of amides is 1. The lowest BCUT2D eigenvalue weighted by atomic mass is 10.2. The van der Waals surface area contributed by atoms with Crippen LogP contribution in [0.25, 0.3) is 0 Å². The van der Waals surface area contributed by atoms with Crippen molar-refractivity contribution >= 4 is 18.5 Å². The minimum atomic E-state index is -0.391. The third-order valence-corrected chi connectivity index (χ3v) is 2.21. The topological polar surface area (TPSA) is 41.6 Å². The smallest absolute Gasteiger partial charge is 0.410 e. The van der Waals surface area contributed by atoms with Gasteiger partial charge in [-0.05, 0) is 46.7 Å². The number of nitrogens with one attached hydrogen (secondary N) is 1. The zero-order valence-electron chi connectivity index (χ0n) is 10.4. The minimum absolute atomic E-state index is 0. The van der Waals surface area contributed by atoms with Crippen LogP contribution in [0.2, 0.25) is 0 Å². The van der Waals surface area contributed by atoms with Crippen LogP contribution in [0.5, 0.6) is 0 Å². The van der Waals surface area contributed by atoms with Gasteiger partial charge in [-0.2, -0.15) is 0 Å². The zero-order valence-corrected chi connectivity index (χ0v) is 11.2. The van der Waals surface area contributed by atoms with Gasteiger partial charge in [-0.3, -0.25) is 0 Å². The number of nitrogens with zero attached hydrogens (tertiary/aromatic N) is 1. The second-order valence-electron chi connectivity index (χ2n) is 4.92. The van der Waals surface area contributed by atoms with Crippen molar-refractivity contribution in [2.24, 2.45) is 0 Å². The highest BCUT2D eigenvalue weighted by Gasteiger charge is 2.21. The number of hydrogen-bond donors (Lipinski definition) is 1. The van der Waals surface area contributed by atoms with Gasteiger partial charge >= 0.3 is 6.09 Å². The molecule has 96 valence electrons. The summed E-state index contributed by atoms with van der Waals surface area (Å²) in [6, 6.07) is 0. The first-order valence-corrected chi connectivity index (χ1v) is 5.68. The molecule has 1 amide bonds. The molecule has 1 heterocycles. The molecule has 1 N–H and O–H groups in total. The SMILES string of the molecule is CC(C)(C)OC(=O)N1CCCNCCC1.Cl. The molecular weight excluding hydrogens is 228 g/mol. The van der Waals surface area contributed by atoms with Crippen LogP contribution in [0.15, 0.2) is 0 Å². The van der Waals surface area contributed by atoms with Crippen LogP contribution in [0, 0.1) is 0 Å². The maximum Gasteiger partial charge on any atom is 0.410 e. The fraction of sp³-hybridized carbons (Fsp3) is 0.909. The van der Waals surface area contributed by atoms with Gasteiger partial charge in [-0.1, -0.05) is 0 Å². The average molecular weight is 251 g/mol. The van der Waals surface area contributed by atoms with Crippen molar-refractivity contribution in [2.75, 3.05) is 26.2 Å². The van der Waals surface area contributed by atoms with Gasteiger partial charge in [-0.25, -0.2) is 4.79 Å². The highest BCUT2D eigenvalue weighted by Crippen LogP contribution is 2.10. The van der Waals surface area contributed by atoms with E-state index in [2.05, 4.69) is 5.32 Å². The van der Waals surface area contributed by atoms with Gasteiger partial charge in [-0.15, -0.1) is 12.4 Å². The van der Waals surface area contributed by atoms with E-state index in [4.69, 9.17) is 4.74 Å². The Bertz CT molecular complexity index is 209. The normalized spacial score (nSPS) is 18.1. The van der Waals surface area contributed by atoms with E-state index in [1.807, 2.05) is 25.7 Å². The Kier molecular flexibility index (Phi) is 6.76. The molecule has 0 aromatic carbocycles. The van der Waals surface area contributed by atoms with Crippen LogP contribution >= 0.6 is 12.4 Å². The van der Waals surface area contributed by atoms with Crippen molar-refractivity contribution in [3.05, 3.63) is 0 Å². The minimum Gasteiger partial charge on any atom is -0.444 e. The summed E-state index contributed by atoms with van der Waals surface area (Å²) in [5.41, 5.74) is -0.391. The third-order valence-electron chi connectivity index (χ3n) is 2.21. The van der Waals surface area contributed by atoms with Gasteiger partial charge in [0.05, 0.1) is 0 Å². The molecule has 0 radical (unpaired) electrons. The average Bonchev–Trinajstić information content (AvgIpc) is 1.98. The summed E-state index contributed by atoms with van der Waals surface area (Å²) in [4.78, 5) is 13.6. The highest BCUT2D eigenvalue weighted by molar-refractivity contribution is 5.85. The summed E-state index contributed by atoms with van der Waals surface area (Å²) >= 11 is 0. The van der Waals surface area contributed by atoms with Crippen molar-refractivity contribution < 1.29 is 9.53 Å². The molecule has 5 heteroatoms. The van der Waals surface area contributed by atoms with Crippen molar-refractivity contribution in [1.82, 2.24) is 10.2 Å². The van der Waals surface area contributed by atoms with Crippen LogP contribution in [0.4, 0.5) is 4.79 Å². The van der Waals surface area contributed by atoms with E-state index in [1.54, 1.807) is 0 Å². The van der Waals surface area contributed by atoms with E-state index in [9.17, 15) is 4.79 Å². The highest BCUT2D eigenvalue weighted by atomic mass is 35.5. The Morgan fingerprint density at radius 2 is 1.69 bits per heavy atom. The van der Waals surface area contributed by atoms with Gasteiger partial charge in [0.2, 0.25) is 0 Å². The number of rotatable bonds is 0. The zero-order chi connectivity index (χ0) is 11.3. The van der Waals surface area contributed by atoms with E-state index >= 15 is 0 Å². The lowest BCUT2D eigenvalue weighted by molar-refractivity contribution is 0.0240. The predicted octanol–water partition coefficient (Wildman–Crippen LogP) is 2.03. The van der Waals surface area contributed by atoms with Gasteiger partial charge in [0.25, 0.3) is 0 Å². The number of hydrogen-bond acceptors (Lipinski definition) is 3. The number of ether oxygens (including phenoxy) is 1. The summed E-state index contributed by atoms with van der Waals surface area (Å²) in [6.07, 6.45) is 1.82.